The Bertz CT molecular complexity index is 1370. The van der Waals surface area contributed by atoms with Gasteiger partial charge in [-0.05, 0) is 48.4 Å². The molecule has 1 fully saturated rings. The molecule has 0 aliphatic carbocycles. The molecular weight excluding hydrogens is 372 g/mol. The lowest BCUT2D eigenvalue weighted by molar-refractivity contribution is 0.523. The molecule has 5 heterocycles. The summed E-state index contributed by atoms with van der Waals surface area (Å²) >= 11 is 0. The number of aromatic nitrogens is 5. The Balaban J connectivity index is 1.33. The molecule has 0 amide bonds. The summed E-state index contributed by atoms with van der Waals surface area (Å²) in [5.74, 6) is 0.545. The van der Waals surface area contributed by atoms with Crippen molar-refractivity contribution in [3.05, 3.63) is 84.7 Å². The molecule has 5 aromatic rings. The van der Waals surface area contributed by atoms with Crippen LogP contribution < -0.4 is 4.90 Å². The number of fused-ring (bicyclic) bond motifs is 2. The topological polar surface area (TPSA) is 59.2 Å². The lowest BCUT2D eigenvalue weighted by Gasteiger charge is -2.41. The second-order valence-corrected chi connectivity index (χ2v) is 7.90. The van der Waals surface area contributed by atoms with Gasteiger partial charge < -0.3 is 4.90 Å². The lowest BCUT2D eigenvalue weighted by Crippen LogP contribution is -2.45. The Morgan fingerprint density at radius 3 is 2.63 bits per heavy atom. The highest BCUT2D eigenvalue weighted by atomic mass is 15.3. The number of benzene rings is 1. The van der Waals surface area contributed by atoms with Crippen LogP contribution in [0.2, 0.25) is 0 Å². The first-order chi connectivity index (χ1) is 14.8. The van der Waals surface area contributed by atoms with Gasteiger partial charge in [0.1, 0.15) is 0 Å². The van der Waals surface area contributed by atoms with Crippen LogP contribution >= 0.6 is 0 Å². The van der Waals surface area contributed by atoms with Crippen molar-refractivity contribution in [3.63, 3.8) is 0 Å². The maximum absolute atomic E-state index is 4.78. The van der Waals surface area contributed by atoms with Crippen LogP contribution in [0, 0.1) is 6.92 Å². The number of hydrogen-bond acceptors (Lipinski definition) is 5. The Labute approximate surface area is 173 Å². The van der Waals surface area contributed by atoms with Gasteiger partial charge in [-0.15, -0.1) is 0 Å². The highest BCUT2D eigenvalue weighted by molar-refractivity contribution is 5.97. The van der Waals surface area contributed by atoms with Gasteiger partial charge in [0.05, 0.1) is 29.8 Å². The minimum absolute atomic E-state index is 0.545. The average Bonchev–Trinajstić information content (AvgIpc) is 3.16. The first-order valence-electron chi connectivity index (χ1n) is 10.1. The van der Waals surface area contributed by atoms with Crippen LogP contribution in [-0.2, 0) is 0 Å². The van der Waals surface area contributed by atoms with E-state index in [1.807, 2.05) is 41.6 Å². The van der Waals surface area contributed by atoms with Crippen molar-refractivity contribution in [3.8, 4) is 11.1 Å². The van der Waals surface area contributed by atoms with Crippen molar-refractivity contribution >= 4 is 22.2 Å². The Morgan fingerprint density at radius 1 is 0.900 bits per heavy atom. The van der Waals surface area contributed by atoms with Crippen molar-refractivity contribution in [2.75, 3.05) is 18.0 Å². The van der Waals surface area contributed by atoms with E-state index in [0.29, 0.717) is 5.92 Å². The fraction of sp³-hybridized carbons (Fsp3) is 0.167. The zero-order valence-corrected chi connectivity index (χ0v) is 16.6. The number of nitrogens with zero attached hydrogens (tertiary/aromatic N) is 6. The molecule has 1 aliphatic heterocycles. The summed E-state index contributed by atoms with van der Waals surface area (Å²) in [7, 11) is 0. The van der Waals surface area contributed by atoms with Gasteiger partial charge in [-0.1, -0.05) is 11.6 Å². The van der Waals surface area contributed by atoms with Crippen LogP contribution in [0.4, 0.5) is 5.69 Å². The van der Waals surface area contributed by atoms with Crippen molar-refractivity contribution in [1.82, 2.24) is 24.6 Å². The number of hydrogen-bond donors (Lipinski definition) is 0. The molecule has 1 saturated heterocycles. The highest BCUT2D eigenvalue weighted by Crippen LogP contribution is 2.33. The molecule has 6 heteroatoms. The van der Waals surface area contributed by atoms with Gasteiger partial charge >= 0.3 is 0 Å². The number of anilines is 1. The summed E-state index contributed by atoms with van der Waals surface area (Å²) < 4.78 is 1.88. The molecular formula is C24H20N6. The third kappa shape index (κ3) is 2.72. The van der Waals surface area contributed by atoms with E-state index in [1.165, 1.54) is 11.1 Å². The van der Waals surface area contributed by atoms with Gasteiger partial charge in [0.25, 0.3) is 0 Å². The molecule has 1 aromatic carbocycles. The first kappa shape index (κ1) is 17.1. The number of aryl methyl sites for hydroxylation is 1. The second-order valence-electron chi connectivity index (χ2n) is 7.90. The van der Waals surface area contributed by atoms with Crippen molar-refractivity contribution < 1.29 is 0 Å². The van der Waals surface area contributed by atoms with Gasteiger partial charge in [0, 0.05) is 48.5 Å². The molecule has 146 valence electrons. The summed E-state index contributed by atoms with van der Waals surface area (Å²) in [5.41, 5.74) is 7.63. The molecule has 0 atom stereocenters. The van der Waals surface area contributed by atoms with Crippen molar-refractivity contribution in [2.45, 2.75) is 12.8 Å². The molecule has 6 nitrogen and oxygen atoms in total. The second kappa shape index (κ2) is 6.62. The molecule has 0 unspecified atom stereocenters. The maximum Gasteiger partial charge on any atom is 0.162 e. The largest absolute Gasteiger partial charge is 0.368 e. The minimum Gasteiger partial charge on any atom is -0.368 e. The molecule has 0 saturated carbocycles. The van der Waals surface area contributed by atoms with Gasteiger partial charge in [-0.2, -0.15) is 5.10 Å². The van der Waals surface area contributed by atoms with E-state index in [1.54, 1.807) is 0 Å². The summed E-state index contributed by atoms with van der Waals surface area (Å²) in [5, 5.41) is 5.73. The van der Waals surface area contributed by atoms with E-state index in [0.717, 1.165) is 46.5 Å². The molecule has 0 spiro atoms. The van der Waals surface area contributed by atoms with E-state index in [4.69, 9.17) is 4.98 Å². The third-order valence-corrected chi connectivity index (χ3v) is 5.95. The quantitative estimate of drug-likeness (QED) is 0.459. The fourth-order valence-corrected chi connectivity index (χ4v) is 4.25. The van der Waals surface area contributed by atoms with E-state index in [9.17, 15) is 0 Å². The number of rotatable bonds is 3. The van der Waals surface area contributed by atoms with E-state index < -0.39 is 0 Å². The Hall–Kier alpha value is -3.80. The van der Waals surface area contributed by atoms with Crippen LogP contribution in [0.5, 0.6) is 0 Å². The molecule has 6 rings (SSSR count). The number of pyridine rings is 2. The monoisotopic (exact) mass is 392 g/mol. The zero-order chi connectivity index (χ0) is 20.1. The normalized spacial score (nSPS) is 14.4. The van der Waals surface area contributed by atoms with Crippen LogP contribution in [0.15, 0.2) is 73.6 Å². The summed E-state index contributed by atoms with van der Waals surface area (Å²) in [6, 6.07) is 12.6. The van der Waals surface area contributed by atoms with Gasteiger partial charge in [-0.25, -0.2) is 9.50 Å². The maximum atomic E-state index is 4.78. The van der Waals surface area contributed by atoms with Gasteiger partial charge in [0.15, 0.2) is 5.65 Å². The van der Waals surface area contributed by atoms with Crippen LogP contribution in [0.25, 0.3) is 27.7 Å². The predicted octanol–water partition coefficient (Wildman–Crippen LogP) is 4.25. The van der Waals surface area contributed by atoms with E-state index >= 15 is 0 Å². The van der Waals surface area contributed by atoms with Crippen LogP contribution in [0.3, 0.4) is 0 Å². The molecule has 1 aliphatic rings. The molecule has 0 N–H and O–H groups in total. The zero-order valence-electron chi connectivity index (χ0n) is 16.6. The SMILES string of the molecule is Cc1ccc2nccc(-c3cnn4cc(N5CC(c6ccncc6)C5)cnc34)c2c1. The Kier molecular flexibility index (Phi) is 3.77. The highest BCUT2D eigenvalue weighted by Gasteiger charge is 2.28. The Morgan fingerprint density at radius 2 is 1.77 bits per heavy atom. The van der Waals surface area contributed by atoms with Gasteiger partial charge in [0.2, 0.25) is 0 Å². The van der Waals surface area contributed by atoms with E-state index in [2.05, 4.69) is 63.4 Å². The van der Waals surface area contributed by atoms with Crippen molar-refractivity contribution in [2.24, 2.45) is 0 Å². The lowest BCUT2D eigenvalue weighted by atomic mass is 9.92. The minimum atomic E-state index is 0.545. The fourth-order valence-electron chi connectivity index (χ4n) is 4.25. The van der Waals surface area contributed by atoms with Crippen LogP contribution in [0.1, 0.15) is 17.0 Å². The van der Waals surface area contributed by atoms with E-state index in [-0.39, 0.29) is 0 Å². The van der Waals surface area contributed by atoms with Crippen LogP contribution in [-0.4, -0.2) is 37.7 Å². The summed E-state index contributed by atoms with van der Waals surface area (Å²) in [6.07, 6.45) is 11.5. The first-order valence-corrected chi connectivity index (χ1v) is 10.1. The van der Waals surface area contributed by atoms with Crippen molar-refractivity contribution in [1.29, 1.82) is 0 Å². The third-order valence-electron chi connectivity index (χ3n) is 5.95. The predicted molar refractivity (Wildman–Crippen MR) is 118 cm³/mol. The summed E-state index contributed by atoms with van der Waals surface area (Å²) in [6.45, 7) is 4.07. The smallest absolute Gasteiger partial charge is 0.162 e. The molecule has 30 heavy (non-hydrogen) atoms. The molecule has 4 aromatic heterocycles. The standard InChI is InChI=1S/C24H20N6/c1-16-2-3-23-21(10-16)20(6-9-26-23)22-12-28-30-15-19(11-27-24(22)30)29-13-18(14-29)17-4-7-25-8-5-17/h2-12,15,18H,13-14H2,1H3. The average molecular weight is 392 g/mol. The molecule has 0 radical (unpaired) electrons. The summed E-state index contributed by atoms with van der Waals surface area (Å²) in [4.78, 5) is 15.7. The van der Waals surface area contributed by atoms with Gasteiger partial charge in [-0.3, -0.25) is 9.97 Å². The molecule has 0 bridgehead atoms.